The van der Waals surface area contributed by atoms with E-state index in [4.69, 9.17) is 0 Å². The molecule has 0 amide bonds. The summed E-state index contributed by atoms with van der Waals surface area (Å²) in [5, 5.41) is 14.4. The summed E-state index contributed by atoms with van der Waals surface area (Å²) in [6, 6.07) is 13.3. The molecule has 4 aromatic heterocycles. The standard InChI is InChI=1S/C21H16N8OS/c1-2-12-28-17(14-8-10-22-11-9-14)26-27-21(28)31-20-24-18-16(19(30)25-20)13-23-29(18)15-6-4-3-5-7-15/h2-11,13H,1,12H2,(H,24,25,30). The molecule has 152 valence electrons. The van der Waals surface area contributed by atoms with E-state index < -0.39 is 0 Å². The fraction of sp³-hybridized carbons (Fsp3) is 0.0476. The third kappa shape index (κ3) is 3.53. The second-order valence-electron chi connectivity index (χ2n) is 6.54. The highest BCUT2D eigenvalue weighted by Gasteiger charge is 2.17. The number of para-hydroxylation sites is 1. The molecule has 0 saturated carbocycles. The van der Waals surface area contributed by atoms with E-state index in [1.54, 1.807) is 23.2 Å². The van der Waals surface area contributed by atoms with Crippen LogP contribution in [0.15, 0.2) is 88.8 Å². The Bertz CT molecular complexity index is 1420. The van der Waals surface area contributed by atoms with Crippen molar-refractivity contribution in [2.24, 2.45) is 0 Å². The second-order valence-corrected chi connectivity index (χ2v) is 7.50. The van der Waals surface area contributed by atoms with Gasteiger partial charge in [-0.2, -0.15) is 5.10 Å². The SMILES string of the molecule is C=CCn1c(Sc2nc3c(cnn3-c3ccccc3)c(=O)[nH]2)nnc1-c1ccncc1. The van der Waals surface area contributed by atoms with Gasteiger partial charge in [0.2, 0.25) is 0 Å². The summed E-state index contributed by atoms with van der Waals surface area (Å²) < 4.78 is 3.55. The summed E-state index contributed by atoms with van der Waals surface area (Å²) in [5.74, 6) is 0.683. The Morgan fingerprint density at radius 1 is 1.10 bits per heavy atom. The minimum Gasteiger partial charge on any atom is -0.300 e. The van der Waals surface area contributed by atoms with Gasteiger partial charge in [-0.3, -0.25) is 14.3 Å². The predicted molar refractivity (Wildman–Crippen MR) is 117 cm³/mol. The molecule has 5 rings (SSSR count). The number of pyridine rings is 1. The number of nitrogens with one attached hydrogen (secondary N) is 1. The Morgan fingerprint density at radius 3 is 2.68 bits per heavy atom. The molecule has 0 unspecified atom stereocenters. The largest absolute Gasteiger partial charge is 0.300 e. The number of allylic oxidation sites excluding steroid dienone is 1. The molecule has 0 aliphatic rings. The van der Waals surface area contributed by atoms with E-state index in [-0.39, 0.29) is 5.56 Å². The quantitative estimate of drug-likeness (QED) is 0.327. The van der Waals surface area contributed by atoms with Crippen LogP contribution in [0.5, 0.6) is 0 Å². The lowest BCUT2D eigenvalue weighted by molar-refractivity contribution is 0.728. The summed E-state index contributed by atoms with van der Waals surface area (Å²) in [6.45, 7) is 4.33. The van der Waals surface area contributed by atoms with Crippen LogP contribution < -0.4 is 5.56 Å². The number of aromatic nitrogens is 8. The molecule has 0 atom stereocenters. The Balaban J connectivity index is 1.58. The highest BCUT2D eigenvalue weighted by molar-refractivity contribution is 7.99. The number of H-pyrrole nitrogens is 1. The number of fused-ring (bicyclic) bond motifs is 1. The zero-order valence-electron chi connectivity index (χ0n) is 16.2. The highest BCUT2D eigenvalue weighted by Crippen LogP contribution is 2.28. The molecule has 1 N–H and O–H groups in total. The van der Waals surface area contributed by atoms with Gasteiger partial charge in [-0.05, 0) is 36.0 Å². The first-order valence-corrected chi connectivity index (χ1v) is 10.2. The van der Waals surface area contributed by atoms with Crippen molar-refractivity contribution in [2.45, 2.75) is 16.9 Å². The minimum absolute atomic E-state index is 0.265. The van der Waals surface area contributed by atoms with E-state index >= 15 is 0 Å². The van der Waals surface area contributed by atoms with E-state index in [1.807, 2.05) is 47.0 Å². The summed E-state index contributed by atoms with van der Waals surface area (Å²) in [4.78, 5) is 24.1. The smallest absolute Gasteiger partial charge is 0.262 e. The van der Waals surface area contributed by atoms with Crippen LogP contribution in [-0.2, 0) is 6.54 Å². The summed E-state index contributed by atoms with van der Waals surface area (Å²) in [6.07, 6.45) is 6.69. The maximum absolute atomic E-state index is 12.6. The number of aromatic amines is 1. The summed E-state index contributed by atoms with van der Waals surface area (Å²) in [5.41, 5.74) is 1.91. The molecule has 5 aromatic rings. The first-order valence-electron chi connectivity index (χ1n) is 9.40. The van der Waals surface area contributed by atoms with Crippen LogP contribution in [-0.4, -0.2) is 39.5 Å². The van der Waals surface area contributed by atoms with Gasteiger partial charge in [0, 0.05) is 24.5 Å². The number of benzene rings is 1. The van der Waals surface area contributed by atoms with E-state index in [1.165, 1.54) is 18.0 Å². The Kier molecular flexibility index (Phi) is 4.89. The lowest BCUT2D eigenvalue weighted by Gasteiger charge is -2.07. The Labute approximate surface area is 180 Å². The number of rotatable bonds is 6. The molecule has 0 aliphatic carbocycles. The van der Waals surface area contributed by atoms with Crippen molar-refractivity contribution in [3.8, 4) is 17.1 Å². The number of hydrogen-bond acceptors (Lipinski definition) is 7. The molecule has 0 aliphatic heterocycles. The molecule has 0 fully saturated rings. The van der Waals surface area contributed by atoms with E-state index in [2.05, 4.69) is 36.8 Å². The van der Waals surface area contributed by atoms with Gasteiger partial charge >= 0.3 is 0 Å². The third-order valence-corrected chi connectivity index (χ3v) is 5.44. The third-order valence-electron chi connectivity index (χ3n) is 4.57. The van der Waals surface area contributed by atoms with Crippen molar-refractivity contribution >= 4 is 22.8 Å². The fourth-order valence-electron chi connectivity index (χ4n) is 3.16. The molecular formula is C21H16N8OS. The van der Waals surface area contributed by atoms with Crippen LogP contribution in [0.25, 0.3) is 28.1 Å². The molecular weight excluding hydrogens is 412 g/mol. The maximum atomic E-state index is 12.6. The molecule has 4 heterocycles. The monoisotopic (exact) mass is 428 g/mol. The molecule has 10 heteroatoms. The highest BCUT2D eigenvalue weighted by atomic mass is 32.2. The van der Waals surface area contributed by atoms with E-state index in [0.29, 0.717) is 33.7 Å². The van der Waals surface area contributed by atoms with Gasteiger partial charge in [-0.1, -0.05) is 24.3 Å². The van der Waals surface area contributed by atoms with Gasteiger partial charge in [-0.15, -0.1) is 16.8 Å². The predicted octanol–water partition coefficient (Wildman–Crippen LogP) is 3.10. The normalized spacial score (nSPS) is 11.1. The number of hydrogen-bond donors (Lipinski definition) is 1. The molecule has 1 aromatic carbocycles. The first-order chi connectivity index (χ1) is 15.2. The first kappa shape index (κ1) is 18.9. The van der Waals surface area contributed by atoms with Crippen LogP contribution in [0.1, 0.15) is 0 Å². The lowest BCUT2D eigenvalue weighted by atomic mass is 10.2. The van der Waals surface area contributed by atoms with Crippen molar-refractivity contribution in [1.29, 1.82) is 0 Å². The zero-order valence-corrected chi connectivity index (χ0v) is 17.0. The molecule has 0 bridgehead atoms. The van der Waals surface area contributed by atoms with Crippen LogP contribution in [0.2, 0.25) is 0 Å². The van der Waals surface area contributed by atoms with Crippen LogP contribution in [0.4, 0.5) is 0 Å². The second kappa shape index (κ2) is 8.00. The van der Waals surface area contributed by atoms with Crippen LogP contribution in [0.3, 0.4) is 0 Å². The molecule has 0 saturated heterocycles. The molecule has 0 spiro atoms. The maximum Gasteiger partial charge on any atom is 0.262 e. The van der Waals surface area contributed by atoms with Crippen molar-refractivity contribution in [3.63, 3.8) is 0 Å². The topological polar surface area (TPSA) is 107 Å². The zero-order chi connectivity index (χ0) is 21.2. The van der Waals surface area contributed by atoms with Gasteiger partial charge < -0.3 is 4.98 Å². The average molecular weight is 428 g/mol. The summed E-state index contributed by atoms with van der Waals surface area (Å²) >= 11 is 1.22. The van der Waals surface area contributed by atoms with Gasteiger partial charge in [0.1, 0.15) is 5.39 Å². The number of nitrogens with zero attached hydrogens (tertiary/aromatic N) is 7. The average Bonchev–Trinajstić information content (AvgIpc) is 3.40. The van der Waals surface area contributed by atoms with Crippen molar-refractivity contribution in [3.05, 3.63) is 84.1 Å². The minimum atomic E-state index is -0.265. The lowest BCUT2D eigenvalue weighted by Crippen LogP contribution is -2.10. The molecule has 31 heavy (non-hydrogen) atoms. The van der Waals surface area contributed by atoms with Crippen LogP contribution in [0, 0.1) is 0 Å². The van der Waals surface area contributed by atoms with Gasteiger partial charge in [0.25, 0.3) is 5.56 Å². The van der Waals surface area contributed by atoms with Crippen molar-refractivity contribution in [1.82, 2.24) is 39.5 Å². The molecule has 0 radical (unpaired) electrons. The Hall–Kier alpha value is -4.05. The van der Waals surface area contributed by atoms with E-state index in [0.717, 1.165) is 11.3 Å². The van der Waals surface area contributed by atoms with Gasteiger partial charge in [-0.25, -0.2) is 9.67 Å². The van der Waals surface area contributed by atoms with Gasteiger partial charge in [0.05, 0.1) is 11.9 Å². The van der Waals surface area contributed by atoms with Crippen molar-refractivity contribution in [2.75, 3.05) is 0 Å². The van der Waals surface area contributed by atoms with Crippen LogP contribution >= 0.6 is 11.8 Å². The summed E-state index contributed by atoms with van der Waals surface area (Å²) in [7, 11) is 0. The van der Waals surface area contributed by atoms with Crippen molar-refractivity contribution < 1.29 is 0 Å². The molecule has 9 nitrogen and oxygen atoms in total. The Morgan fingerprint density at radius 2 is 1.90 bits per heavy atom. The van der Waals surface area contributed by atoms with E-state index in [9.17, 15) is 4.79 Å². The fourth-order valence-corrected chi connectivity index (χ4v) is 3.97. The van der Waals surface area contributed by atoms with Gasteiger partial charge in [0.15, 0.2) is 21.8 Å².